The van der Waals surface area contributed by atoms with Gasteiger partial charge in [0.1, 0.15) is 0 Å². The summed E-state index contributed by atoms with van der Waals surface area (Å²) in [6.07, 6.45) is 6.32. The van der Waals surface area contributed by atoms with Crippen LogP contribution in [0.15, 0.2) is 48.8 Å². The summed E-state index contributed by atoms with van der Waals surface area (Å²) < 4.78 is 0. The summed E-state index contributed by atoms with van der Waals surface area (Å²) in [7, 11) is 0. The van der Waals surface area contributed by atoms with E-state index in [2.05, 4.69) is 4.98 Å². The Kier molecular flexibility index (Phi) is 4.76. The summed E-state index contributed by atoms with van der Waals surface area (Å²) in [5, 5.41) is 11.3. The molecule has 27 heavy (non-hydrogen) atoms. The van der Waals surface area contributed by atoms with E-state index in [-0.39, 0.29) is 12.2 Å². The number of quaternary nitrogens is 1. The van der Waals surface area contributed by atoms with E-state index in [1.54, 1.807) is 35.4 Å². The van der Waals surface area contributed by atoms with E-state index in [1.807, 2.05) is 12.1 Å². The van der Waals surface area contributed by atoms with E-state index >= 15 is 0 Å². The van der Waals surface area contributed by atoms with Crippen LogP contribution in [0.4, 0.5) is 5.69 Å². The molecule has 3 heterocycles. The van der Waals surface area contributed by atoms with Crippen molar-refractivity contribution in [2.75, 3.05) is 24.7 Å². The van der Waals surface area contributed by atoms with Gasteiger partial charge in [-0.15, -0.1) is 0 Å². The molecule has 6 nitrogen and oxygen atoms in total. The van der Waals surface area contributed by atoms with Crippen LogP contribution in [0.2, 0.25) is 0 Å². The number of rotatable bonds is 5. The summed E-state index contributed by atoms with van der Waals surface area (Å²) in [5.41, 5.74) is -0.194. The van der Waals surface area contributed by atoms with Gasteiger partial charge in [0.25, 0.3) is 5.91 Å². The number of Topliss-reactive ketones (excluding diaryl/α,β-unsaturated/α-hetero) is 1. The standard InChI is InChI=1S/C21H23N3O3/c25-19(16-7-6-10-22-14-16)13-21(27)17-8-2-3-9-18(17)24(20(21)26)15-23-11-4-1-5-12-23/h2-3,6-10,14,27H,1,4-5,11-13,15H2/p+1/t21-/m1/s1. The molecule has 2 aliphatic rings. The van der Waals surface area contributed by atoms with Crippen LogP contribution >= 0.6 is 0 Å². The van der Waals surface area contributed by atoms with Crippen LogP contribution in [0.25, 0.3) is 0 Å². The molecule has 140 valence electrons. The highest BCUT2D eigenvalue weighted by atomic mass is 16.3. The second kappa shape index (κ2) is 7.21. The molecular weight excluding hydrogens is 342 g/mol. The first-order valence-electron chi connectivity index (χ1n) is 9.50. The fourth-order valence-corrected chi connectivity index (χ4v) is 4.13. The number of pyridine rings is 1. The fourth-order valence-electron chi connectivity index (χ4n) is 4.13. The lowest BCUT2D eigenvalue weighted by Crippen LogP contribution is -3.14. The van der Waals surface area contributed by atoms with Crippen molar-refractivity contribution in [3.63, 3.8) is 0 Å². The lowest BCUT2D eigenvalue weighted by molar-refractivity contribution is -0.903. The van der Waals surface area contributed by atoms with Gasteiger partial charge >= 0.3 is 0 Å². The molecule has 1 saturated heterocycles. The van der Waals surface area contributed by atoms with Crippen molar-refractivity contribution in [3.05, 3.63) is 59.9 Å². The predicted octanol–water partition coefficient (Wildman–Crippen LogP) is 0.915. The molecule has 0 saturated carbocycles. The van der Waals surface area contributed by atoms with Crippen LogP contribution in [-0.4, -0.2) is 41.5 Å². The Morgan fingerprint density at radius 3 is 2.67 bits per heavy atom. The van der Waals surface area contributed by atoms with Crippen LogP contribution in [0.3, 0.4) is 0 Å². The molecule has 1 aromatic carbocycles. The average molecular weight is 366 g/mol. The molecule has 1 amide bonds. The highest BCUT2D eigenvalue weighted by Crippen LogP contribution is 2.42. The number of piperidine rings is 1. The zero-order valence-electron chi connectivity index (χ0n) is 15.2. The van der Waals surface area contributed by atoms with Crippen LogP contribution in [0, 0.1) is 0 Å². The third-order valence-electron chi connectivity index (χ3n) is 5.58. The SMILES string of the molecule is O=C(C[C@]1(O)C(=O)N(C[NH+]2CCCCC2)c2ccccc21)c1cccnc1. The first kappa shape index (κ1) is 17.8. The molecule has 0 bridgehead atoms. The van der Waals surface area contributed by atoms with E-state index in [9.17, 15) is 14.7 Å². The molecule has 4 rings (SSSR count). The second-order valence-electron chi connectivity index (χ2n) is 7.42. The summed E-state index contributed by atoms with van der Waals surface area (Å²) >= 11 is 0. The molecule has 1 aromatic heterocycles. The van der Waals surface area contributed by atoms with Crippen molar-refractivity contribution in [1.29, 1.82) is 0 Å². The molecule has 0 unspecified atom stereocenters. The van der Waals surface area contributed by atoms with E-state index < -0.39 is 11.5 Å². The Labute approximate surface area is 158 Å². The topological polar surface area (TPSA) is 74.9 Å². The zero-order chi connectivity index (χ0) is 18.9. The monoisotopic (exact) mass is 366 g/mol. The minimum Gasteiger partial charge on any atom is -0.375 e. The molecular formula is C21H24N3O3+. The zero-order valence-corrected chi connectivity index (χ0v) is 15.2. The van der Waals surface area contributed by atoms with E-state index in [0.29, 0.717) is 23.5 Å². The van der Waals surface area contributed by atoms with Gasteiger partial charge in [-0.05, 0) is 37.5 Å². The fraction of sp³-hybridized carbons (Fsp3) is 0.381. The Hall–Kier alpha value is -2.57. The lowest BCUT2D eigenvalue weighted by atomic mass is 9.88. The van der Waals surface area contributed by atoms with Gasteiger partial charge in [0.2, 0.25) is 0 Å². The molecule has 0 aliphatic carbocycles. The Morgan fingerprint density at radius 2 is 1.93 bits per heavy atom. The van der Waals surface area contributed by atoms with Crippen LogP contribution < -0.4 is 9.80 Å². The van der Waals surface area contributed by atoms with E-state index in [0.717, 1.165) is 25.9 Å². The van der Waals surface area contributed by atoms with Crippen molar-refractivity contribution in [2.24, 2.45) is 0 Å². The average Bonchev–Trinajstić information content (AvgIpc) is 2.92. The number of hydrogen-bond acceptors (Lipinski definition) is 4. The van der Waals surface area contributed by atoms with Gasteiger partial charge in [0.15, 0.2) is 18.1 Å². The molecule has 2 N–H and O–H groups in total. The molecule has 0 radical (unpaired) electrons. The number of ketones is 1. The van der Waals surface area contributed by atoms with Gasteiger partial charge in [-0.3, -0.25) is 19.5 Å². The number of carbonyl (C=O) groups is 2. The number of nitrogens with zero attached hydrogens (tertiary/aromatic N) is 2. The highest BCUT2D eigenvalue weighted by molar-refractivity contribution is 6.10. The molecule has 1 atom stereocenters. The third kappa shape index (κ3) is 3.26. The third-order valence-corrected chi connectivity index (χ3v) is 5.58. The number of likely N-dealkylation sites (tertiary alicyclic amines) is 1. The maximum atomic E-state index is 13.2. The van der Waals surface area contributed by atoms with Gasteiger partial charge in [-0.2, -0.15) is 0 Å². The van der Waals surface area contributed by atoms with Crippen molar-refractivity contribution < 1.29 is 19.6 Å². The van der Waals surface area contributed by atoms with Crippen molar-refractivity contribution in [2.45, 2.75) is 31.3 Å². The number of nitrogens with one attached hydrogen (secondary N) is 1. The van der Waals surface area contributed by atoms with Crippen LogP contribution in [0.1, 0.15) is 41.6 Å². The summed E-state index contributed by atoms with van der Waals surface area (Å²) in [6.45, 7) is 2.58. The van der Waals surface area contributed by atoms with Gasteiger partial charge < -0.3 is 10.0 Å². The summed E-state index contributed by atoms with van der Waals surface area (Å²) in [6, 6.07) is 10.6. The Morgan fingerprint density at radius 1 is 1.15 bits per heavy atom. The number of benzene rings is 1. The number of anilines is 1. The van der Waals surface area contributed by atoms with Gasteiger partial charge in [-0.1, -0.05) is 18.2 Å². The van der Waals surface area contributed by atoms with E-state index in [1.165, 1.54) is 17.5 Å². The van der Waals surface area contributed by atoms with Gasteiger partial charge in [0.05, 0.1) is 25.2 Å². The number of aliphatic hydroxyl groups is 1. The Balaban J connectivity index is 1.62. The minimum absolute atomic E-state index is 0.277. The minimum atomic E-state index is -1.82. The predicted molar refractivity (Wildman–Crippen MR) is 100 cm³/mol. The Bertz CT molecular complexity index is 849. The largest absolute Gasteiger partial charge is 0.375 e. The van der Waals surface area contributed by atoms with Crippen LogP contribution in [-0.2, 0) is 10.4 Å². The maximum Gasteiger partial charge on any atom is 0.268 e. The molecule has 2 aliphatic heterocycles. The summed E-state index contributed by atoms with van der Waals surface area (Å²) in [5.74, 6) is -0.695. The first-order chi connectivity index (χ1) is 13.1. The number of amides is 1. The number of aromatic nitrogens is 1. The number of fused-ring (bicyclic) bond motifs is 1. The van der Waals surface area contributed by atoms with E-state index in [4.69, 9.17) is 0 Å². The van der Waals surface area contributed by atoms with Gasteiger partial charge in [0, 0.05) is 23.5 Å². The summed E-state index contributed by atoms with van der Waals surface area (Å²) in [4.78, 5) is 32.9. The number of carbonyl (C=O) groups excluding carboxylic acids is 2. The lowest BCUT2D eigenvalue weighted by Gasteiger charge is -2.29. The second-order valence-corrected chi connectivity index (χ2v) is 7.42. The van der Waals surface area contributed by atoms with Crippen LogP contribution in [0.5, 0.6) is 0 Å². The normalized spacial score (nSPS) is 22.7. The smallest absolute Gasteiger partial charge is 0.268 e. The first-order valence-corrected chi connectivity index (χ1v) is 9.50. The highest BCUT2D eigenvalue weighted by Gasteiger charge is 2.51. The molecule has 1 fully saturated rings. The van der Waals surface area contributed by atoms with Crippen molar-refractivity contribution >= 4 is 17.4 Å². The van der Waals surface area contributed by atoms with Crippen molar-refractivity contribution in [1.82, 2.24) is 4.98 Å². The molecule has 0 spiro atoms. The maximum absolute atomic E-state index is 13.2. The number of para-hydroxylation sites is 1. The number of hydrogen-bond donors (Lipinski definition) is 2. The van der Waals surface area contributed by atoms with Gasteiger partial charge in [-0.25, -0.2) is 0 Å². The van der Waals surface area contributed by atoms with Crippen molar-refractivity contribution in [3.8, 4) is 0 Å². The molecule has 6 heteroatoms. The molecule has 2 aromatic rings. The quantitative estimate of drug-likeness (QED) is 0.772.